The molecule has 0 aliphatic carbocycles. The van der Waals surface area contributed by atoms with Crippen molar-refractivity contribution < 1.29 is 124 Å². The molecule has 4 N–H and O–H groups in total. The molecule has 92 heavy (non-hydrogen) atoms. The van der Waals surface area contributed by atoms with Gasteiger partial charge in [0, 0.05) is 6.54 Å². The van der Waals surface area contributed by atoms with Gasteiger partial charge in [0.05, 0.1) is 38.0 Å². The zero-order chi connectivity index (χ0) is 70.3. The third-order valence-electron chi connectivity index (χ3n) is 9.14. The molecule has 0 fully saturated rings. The minimum Gasteiger partial charge on any atom is -0.505 e. The second-order valence-electron chi connectivity index (χ2n) is 16.6. The fourth-order valence-electron chi connectivity index (χ4n) is 5.40. The highest BCUT2D eigenvalue weighted by Gasteiger charge is 2.20. The summed E-state index contributed by atoms with van der Waals surface area (Å²) < 4.78 is 197. The maximum Gasteiger partial charge on any atom is 0.360 e. The fraction of sp³-hybridized carbons (Fsp3) is 0.377. The number of carbonyl (C=O) groups is 2. The van der Waals surface area contributed by atoms with Crippen molar-refractivity contribution in [3.8, 4) is 28.7 Å². The smallest absolute Gasteiger partial charge is 0.360 e. The minimum absolute atomic E-state index is 0.0321. The van der Waals surface area contributed by atoms with Gasteiger partial charge in [-0.25, -0.2) is 87.2 Å². The average Bonchev–Trinajstić information content (AvgIpc) is 1.32. The highest BCUT2D eigenvalue weighted by Crippen LogP contribution is 2.25. The number of benzene rings is 1. The minimum atomic E-state index is -4.05. The molecule has 6 aromatic rings. The van der Waals surface area contributed by atoms with Gasteiger partial charge in [-0.1, -0.05) is 17.7 Å². The van der Waals surface area contributed by atoms with Crippen molar-refractivity contribution in [2.75, 3.05) is 68.0 Å². The van der Waals surface area contributed by atoms with Gasteiger partial charge in [-0.05, 0) is 173 Å². The summed E-state index contributed by atoms with van der Waals surface area (Å²) in [4.78, 5) is 43.4. The normalized spacial score (nSPS) is 10.7. The Morgan fingerprint density at radius 2 is 0.783 bits per heavy atom. The molecule has 21 nitrogen and oxygen atoms in total. The fourth-order valence-corrected chi connectivity index (χ4v) is 7.95. The number of aliphatic hydroxyl groups is 3. The Bertz CT molecular complexity index is 3170. The monoisotopic (exact) mass is 1670 g/mol. The quantitative estimate of drug-likeness (QED) is 0.0201. The van der Waals surface area contributed by atoms with E-state index in [4.69, 9.17) is 39.4 Å². The van der Waals surface area contributed by atoms with E-state index in [1.54, 1.807) is 43.3 Å². The van der Waals surface area contributed by atoms with E-state index in [1.165, 1.54) is 62.8 Å². The Balaban J connectivity index is 0.00000107. The van der Waals surface area contributed by atoms with Gasteiger partial charge in [-0.2, -0.15) is 8.42 Å². The first kappa shape index (κ1) is 86.2. The van der Waals surface area contributed by atoms with Crippen LogP contribution in [0.15, 0.2) is 113 Å². The number of hydrogen-bond donors (Lipinski definition) is 4. The molecular formula is C53H57Br5F12N6O15S. The predicted octanol–water partition coefficient (Wildman–Crippen LogP) is 12.3. The zero-order valence-corrected chi connectivity index (χ0v) is 57.0. The van der Waals surface area contributed by atoms with Crippen LogP contribution in [0.2, 0.25) is 0 Å². The van der Waals surface area contributed by atoms with Crippen molar-refractivity contribution in [3.63, 3.8) is 0 Å². The average molecular weight is 1680 g/mol. The van der Waals surface area contributed by atoms with Crippen LogP contribution in [0.5, 0.6) is 28.7 Å². The van der Waals surface area contributed by atoms with Crippen molar-refractivity contribution in [2.45, 2.75) is 70.1 Å². The first-order valence-electron chi connectivity index (χ1n) is 24.9. The molecule has 0 bridgehead atoms. The van der Waals surface area contributed by atoms with Crippen LogP contribution in [-0.4, -0.2) is 177 Å². The van der Waals surface area contributed by atoms with Crippen molar-refractivity contribution in [1.29, 1.82) is 0 Å². The lowest BCUT2D eigenvalue weighted by Crippen LogP contribution is -2.15. The first-order valence-corrected chi connectivity index (χ1v) is 30.3. The number of aryl methyl sites for hydroxylation is 1. The van der Waals surface area contributed by atoms with E-state index in [2.05, 4.69) is 118 Å². The van der Waals surface area contributed by atoms with Crippen molar-refractivity contribution in [1.82, 2.24) is 29.8 Å². The highest BCUT2D eigenvalue weighted by atomic mass is 79.9. The molecule has 0 spiro atoms. The Labute approximate surface area is 560 Å². The zero-order valence-electron chi connectivity index (χ0n) is 48.2. The topological polar surface area (TPSA) is 281 Å². The van der Waals surface area contributed by atoms with Gasteiger partial charge in [0.2, 0.25) is 0 Å². The Morgan fingerprint density at radius 3 is 1.13 bits per heavy atom. The maximum atomic E-state index is 12.0. The van der Waals surface area contributed by atoms with E-state index in [1.807, 2.05) is 19.0 Å². The molecule has 6 rings (SSSR count). The van der Waals surface area contributed by atoms with Crippen LogP contribution in [0, 0.1) is 6.92 Å². The lowest BCUT2D eigenvalue weighted by atomic mass is 10.2. The van der Waals surface area contributed by atoms with Gasteiger partial charge in [0.15, 0.2) is 17.1 Å². The van der Waals surface area contributed by atoms with Crippen LogP contribution >= 0.6 is 79.6 Å². The lowest BCUT2D eigenvalue weighted by molar-refractivity contribution is 0.0567. The molecule has 0 atom stereocenters. The number of aromatic nitrogens is 5. The second kappa shape index (κ2) is 47.2. The van der Waals surface area contributed by atoms with E-state index in [0.29, 0.717) is 41.0 Å². The standard InChI is InChI=1S/C10H13BrF2N2O.C9H8BrF2NO3.C9H10F2O3S.2C8H8BrF2NO2.C7H6BrNO3.C2H4F2O/c1-15(2)5-7-8(16-6-10(12)13)3-4-9(11)14-7;1-15-9(14)8-5(16-4-7(11)12)2-3-6(10)13-8;1-7-2-4-8(5-3-7)15(12,13)14-6-9(10)11;2*9-7-2-1-6(5(3-13)12-7)14-4-8(10)11;1-12-7(11)6-4(10)2-3-5(8)9-6;3-2(4)1-5/h3-4,10H,5-6H2,1-2H3;2-3,7H,4H2,1H3;2-5,9H,6H2,1H3;2*1-2,8,13H,3-4H2;2-3,10H,1H3;2,5H,1H2. The number of aliphatic hydroxyl groups excluding tert-OH is 3. The Morgan fingerprint density at radius 1 is 0.467 bits per heavy atom. The summed E-state index contributed by atoms with van der Waals surface area (Å²) in [6, 6.07) is 20.9. The summed E-state index contributed by atoms with van der Waals surface area (Å²) in [6.07, 6.45) is -15.5. The van der Waals surface area contributed by atoms with E-state index in [0.717, 1.165) is 5.56 Å². The largest absolute Gasteiger partial charge is 0.505 e. The van der Waals surface area contributed by atoms with Crippen LogP contribution in [0.3, 0.4) is 0 Å². The Kier molecular flexibility index (Phi) is 44.2. The number of ether oxygens (including phenoxy) is 6. The van der Waals surface area contributed by atoms with E-state index < -0.39 is 100 Å². The van der Waals surface area contributed by atoms with E-state index in [9.17, 15) is 70.7 Å². The molecule has 0 unspecified atom stereocenters. The first-order chi connectivity index (χ1) is 43.1. The summed E-state index contributed by atoms with van der Waals surface area (Å²) in [7, 11) is 2.09. The summed E-state index contributed by atoms with van der Waals surface area (Å²) in [5.41, 5.74) is 1.76. The number of pyridine rings is 5. The number of aromatic hydroxyl groups is 1. The molecule has 0 amide bonds. The summed E-state index contributed by atoms with van der Waals surface area (Å²) in [5.74, 6) is -0.871. The summed E-state index contributed by atoms with van der Waals surface area (Å²) in [5, 5.41) is 34.3. The van der Waals surface area contributed by atoms with Crippen molar-refractivity contribution in [2.24, 2.45) is 0 Å². The molecule has 5 aromatic heterocycles. The van der Waals surface area contributed by atoms with Crippen LogP contribution in [0.25, 0.3) is 0 Å². The molecule has 0 radical (unpaired) electrons. The van der Waals surface area contributed by atoms with E-state index in [-0.39, 0.29) is 63.9 Å². The number of alkyl halides is 12. The van der Waals surface area contributed by atoms with Crippen molar-refractivity contribution in [3.05, 3.63) is 142 Å². The SMILES string of the molecule is CN(C)Cc1nc(Br)ccc1OCC(F)F.COC(=O)c1nc(Br)ccc1O.COC(=O)c1nc(Br)ccc1OCC(F)F.Cc1ccc(S(=O)(=O)OCC(F)F)cc1.OCC(F)F.OCc1nc(Br)ccc1OCC(F)F.OCc1nc(Br)ccc1OCC(F)F. The van der Waals surface area contributed by atoms with Gasteiger partial charge < -0.3 is 53.7 Å². The number of carbonyl (C=O) groups excluding carboxylic acids is 2. The number of methoxy groups -OCH3 is 2. The molecule has 0 aliphatic rings. The van der Waals surface area contributed by atoms with Crippen LogP contribution in [0.4, 0.5) is 52.7 Å². The molecule has 0 saturated carbocycles. The molecule has 0 saturated heterocycles. The maximum absolute atomic E-state index is 12.0. The number of hydrogen-bond acceptors (Lipinski definition) is 21. The lowest BCUT2D eigenvalue weighted by Gasteiger charge is -2.14. The molecule has 39 heteroatoms. The number of nitrogens with zero attached hydrogens (tertiary/aromatic N) is 6. The third kappa shape index (κ3) is 38.4. The second-order valence-corrected chi connectivity index (χ2v) is 22.3. The van der Waals surface area contributed by atoms with Crippen LogP contribution in [-0.2, 0) is 43.5 Å². The van der Waals surface area contributed by atoms with Gasteiger partial charge in [-0.15, -0.1) is 0 Å². The number of halogens is 17. The Hall–Kier alpha value is -5.78. The highest BCUT2D eigenvalue weighted by molar-refractivity contribution is 9.11. The summed E-state index contributed by atoms with van der Waals surface area (Å²) in [6.45, 7) is -3.32. The summed E-state index contributed by atoms with van der Waals surface area (Å²) >= 11 is 15.5. The van der Waals surface area contributed by atoms with Gasteiger partial charge in [-0.3, -0.25) is 4.18 Å². The van der Waals surface area contributed by atoms with Crippen LogP contribution in [0.1, 0.15) is 43.6 Å². The van der Waals surface area contributed by atoms with Crippen molar-refractivity contribution >= 4 is 102 Å². The molecule has 5 heterocycles. The molecule has 0 aliphatic heterocycles. The molecular weight excluding hydrogens is 1620 g/mol. The van der Waals surface area contributed by atoms with Gasteiger partial charge in [0.1, 0.15) is 97.0 Å². The number of rotatable bonds is 23. The molecule has 514 valence electrons. The number of esters is 2. The van der Waals surface area contributed by atoms with Gasteiger partial charge >= 0.3 is 11.9 Å². The third-order valence-corrected chi connectivity index (χ3v) is 12.6. The molecule has 1 aromatic carbocycles. The van der Waals surface area contributed by atoms with Gasteiger partial charge in [0.25, 0.3) is 48.7 Å². The predicted molar refractivity (Wildman–Crippen MR) is 323 cm³/mol. The van der Waals surface area contributed by atoms with Crippen LogP contribution < -0.4 is 18.9 Å². The van der Waals surface area contributed by atoms with E-state index >= 15 is 0 Å².